The number of aliphatic hydroxyl groups is 1. The lowest BCUT2D eigenvalue weighted by Gasteiger charge is -2.31. The number of anilines is 1. The Morgan fingerprint density at radius 1 is 1.35 bits per heavy atom. The molecule has 1 aliphatic rings. The minimum absolute atomic E-state index is 0.0186. The number of rotatable bonds is 1. The Morgan fingerprint density at radius 2 is 2.15 bits per heavy atom. The highest BCUT2D eigenvalue weighted by atomic mass is 16.3. The summed E-state index contributed by atoms with van der Waals surface area (Å²) in [6.07, 6.45) is 5.30. The Hall–Kier alpha value is -1.62. The molecule has 5 heteroatoms. The van der Waals surface area contributed by atoms with Crippen molar-refractivity contribution in [2.75, 3.05) is 18.0 Å². The summed E-state index contributed by atoms with van der Waals surface area (Å²) >= 11 is 0. The number of aromatic nitrogens is 3. The van der Waals surface area contributed by atoms with E-state index in [0.717, 1.165) is 36.4 Å². The van der Waals surface area contributed by atoms with Gasteiger partial charge in [0, 0.05) is 30.9 Å². The molecule has 0 aromatic carbocycles. The van der Waals surface area contributed by atoms with E-state index in [1.807, 2.05) is 10.7 Å². The van der Waals surface area contributed by atoms with Crippen LogP contribution in [-0.2, 0) is 5.41 Å². The van der Waals surface area contributed by atoms with Gasteiger partial charge in [0.05, 0.1) is 11.8 Å². The predicted molar refractivity (Wildman–Crippen MR) is 79.1 cm³/mol. The topological polar surface area (TPSA) is 53.7 Å². The minimum Gasteiger partial charge on any atom is -0.391 e. The van der Waals surface area contributed by atoms with Gasteiger partial charge in [-0.2, -0.15) is 5.10 Å². The van der Waals surface area contributed by atoms with Crippen LogP contribution < -0.4 is 4.90 Å². The van der Waals surface area contributed by atoms with Gasteiger partial charge in [0.25, 0.3) is 0 Å². The molecule has 2 aromatic heterocycles. The fourth-order valence-corrected chi connectivity index (χ4v) is 2.67. The van der Waals surface area contributed by atoms with Gasteiger partial charge in [0.1, 0.15) is 5.52 Å². The highest BCUT2D eigenvalue weighted by Gasteiger charge is 2.23. The first-order chi connectivity index (χ1) is 9.45. The first-order valence-electron chi connectivity index (χ1n) is 7.23. The molecular formula is C15H22N4O. The molecule has 108 valence electrons. The van der Waals surface area contributed by atoms with E-state index in [-0.39, 0.29) is 11.5 Å². The van der Waals surface area contributed by atoms with Crippen LogP contribution >= 0.6 is 0 Å². The average Bonchev–Trinajstić information content (AvgIpc) is 2.82. The van der Waals surface area contributed by atoms with E-state index in [1.165, 1.54) is 0 Å². The van der Waals surface area contributed by atoms with Gasteiger partial charge >= 0.3 is 0 Å². The Morgan fingerprint density at radius 3 is 2.85 bits per heavy atom. The zero-order valence-corrected chi connectivity index (χ0v) is 12.4. The van der Waals surface area contributed by atoms with Crippen LogP contribution in [0.5, 0.6) is 0 Å². The highest BCUT2D eigenvalue weighted by molar-refractivity contribution is 5.69. The Kier molecular flexibility index (Phi) is 3.17. The molecule has 3 heterocycles. The summed E-state index contributed by atoms with van der Waals surface area (Å²) < 4.78 is 1.89. The first kappa shape index (κ1) is 13.4. The molecule has 0 spiro atoms. The maximum atomic E-state index is 9.86. The second-order valence-electron chi connectivity index (χ2n) is 6.60. The Balaban J connectivity index is 2.04. The first-order valence-corrected chi connectivity index (χ1v) is 7.23. The van der Waals surface area contributed by atoms with Crippen LogP contribution in [0.1, 0.15) is 39.3 Å². The molecule has 1 unspecified atom stereocenters. The quantitative estimate of drug-likeness (QED) is 0.864. The molecule has 1 aliphatic heterocycles. The molecule has 0 amide bonds. The van der Waals surface area contributed by atoms with Crippen molar-refractivity contribution in [1.29, 1.82) is 0 Å². The lowest BCUT2D eigenvalue weighted by atomic mass is 9.92. The van der Waals surface area contributed by atoms with Crippen LogP contribution in [0.4, 0.5) is 5.82 Å². The van der Waals surface area contributed by atoms with Gasteiger partial charge in [-0.05, 0) is 18.9 Å². The van der Waals surface area contributed by atoms with Crippen LogP contribution in [0.15, 0.2) is 18.5 Å². The van der Waals surface area contributed by atoms with E-state index in [2.05, 4.69) is 41.8 Å². The molecule has 1 atom stereocenters. The van der Waals surface area contributed by atoms with Crippen molar-refractivity contribution < 1.29 is 5.11 Å². The third kappa shape index (κ3) is 2.38. The minimum atomic E-state index is -0.254. The van der Waals surface area contributed by atoms with E-state index in [0.29, 0.717) is 6.54 Å². The summed E-state index contributed by atoms with van der Waals surface area (Å²) in [6, 6.07) is 2.11. The molecule has 2 aromatic rings. The molecular weight excluding hydrogens is 252 g/mol. The fraction of sp³-hybridized carbons (Fsp3) is 0.600. The Bertz CT molecular complexity index is 614. The third-order valence-corrected chi connectivity index (χ3v) is 3.83. The van der Waals surface area contributed by atoms with Crippen LogP contribution in [-0.4, -0.2) is 38.9 Å². The molecule has 1 saturated heterocycles. The third-order valence-electron chi connectivity index (χ3n) is 3.83. The number of fused-ring (bicyclic) bond motifs is 1. The smallest absolute Gasteiger partial charge is 0.154 e. The largest absolute Gasteiger partial charge is 0.391 e. The summed E-state index contributed by atoms with van der Waals surface area (Å²) in [4.78, 5) is 6.68. The molecule has 0 bridgehead atoms. The van der Waals surface area contributed by atoms with Gasteiger partial charge in [-0.25, -0.2) is 9.50 Å². The van der Waals surface area contributed by atoms with Gasteiger partial charge in [-0.3, -0.25) is 0 Å². The van der Waals surface area contributed by atoms with Crippen molar-refractivity contribution in [2.45, 2.75) is 45.1 Å². The zero-order chi connectivity index (χ0) is 14.3. The van der Waals surface area contributed by atoms with Crippen LogP contribution in [0.2, 0.25) is 0 Å². The average molecular weight is 274 g/mol. The summed E-state index contributed by atoms with van der Waals surface area (Å²) in [5.41, 5.74) is 2.10. The Labute approximate surface area is 119 Å². The summed E-state index contributed by atoms with van der Waals surface area (Å²) in [7, 11) is 0. The number of β-amino-alcohol motifs (C(OH)–C–C–N with tert-alkyl or cyclic N) is 1. The summed E-state index contributed by atoms with van der Waals surface area (Å²) in [6.45, 7) is 8.08. The van der Waals surface area contributed by atoms with Crippen molar-refractivity contribution in [3.8, 4) is 0 Å². The van der Waals surface area contributed by atoms with Crippen molar-refractivity contribution in [2.24, 2.45) is 0 Å². The van der Waals surface area contributed by atoms with Crippen LogP contribution in [0, 0.1) is 0 Å². The number of aliphatic hydroxyl groups excluding tert-OH is 1. The number of piperidine rings is 1. The number of hydrogen-bond donors (Lipinski definition) is 1. The molecule has 0 aliphatic carbocycles. The second kappa shape index (κ2) is 4.74. The van der Waals surface area contributed by atoms with Gasteiger partial charge < -0.3 is 10.0 Å². The van der Waals surface area contributed by atoms with E-state index in [1.54, 1.807) is 6.20 Å². The molecule has 1 N–H and O–H groups in total. The maximum Gasteiger partial charge on any atom is 0.154 e. The van der Waals surface area contributed by atoms with E-state index >= 15 is 0 Å². The molecule has 5 nitrogen and oxygen atoms in total. The van der Waals surface area contributed by atoms with Crippen molar-refractivity contribution >= 4 is 11.3 Å². The van der Waals surface area contributed by atoms with Crippen LogP contribution in [0.25, 0.3) is 5.52 Å². The van der Waals surface area contributed by atoms with E-state index in [4.69, 9.17) is 0 Å². The number of hydrogen-bond acceptors (Lipinski definition) is 4. The number of nitrogens with zero attached hydrogens (tertiary/aromatic N) is 4. The van der Waals surface area contributed by atoms with Crippen molar-refractivity contribution in [3.63, 3.8) is 0 Å². The maximum absolute atomic E-state index is 9.86. The van der Waals surface area contributed by atoms with Crippen molar-refractivity contribution in [3.05, 3.63) is 24.2 Å². The summed E-state index contributed by atoms with van der Waals surface area (Å²) in [5.74, 6) is 0.925. The van der Waals surface area contributed by atoms with Crippen molar-refractivity contribution in [1.82, 2.24) is 14.6 Å². The standard InChI is InChI=1S/C15H22N4O/c1-15(2,3)13-9-12-14(16-6-8-19(12)17-13)18-7-4-5-11(20)10-18/h6,8-9,11,20H,4-5,7,10H2,1-3H3. The van der Waals surface area contributed by atoms with Gasteiger partial charge in [-0.1, -0.05) is 20.8 Å². The van der Waals surface area contributed by atoms with Gasteiger partial charge in [-0.15, -0.1) is 0 Å². The zero-order valence-electron chi connectivity index (χ0n) is 12.4. The molecule has 1 fully saturated rings. The van der Waals surface area contributed by atoms with Crippen LogP contribution in [0.3, 0.4) is 0 Å². The summed E-state index contributed by atoms with van der Waals surface area (Å²) in [5, 5.41) is 14.5. The lowest BCUT2D eigenvalue weighted by molar-refractivity contribution is 0.154. The lowest BCUT2D eigenvalue weighted by Crippen LogP contribution is -2.38. The highest BCUT2D eigenvalue weighted by Crippen LogP contribution is 2.27. The normalized spacial score (nSPS) is 20.6. The SMILES string of the molecule is CC(C)(C)c1cc2c(N3CCCC(O)C3)nccn2n1. The molecule has 20 heavy (non-hydrogen) atoms. The molecule has 0 radical (unpaired) electrons. The van der Waals surface area contributed by atoms with E-state index in [9.17, 15) is 5.11 Å². The molecule has 3 rings (SSSR count). The molecule has 0 saturated carbocycles. The van der Waals surface area contributed by atoms with Gasteiger partial charge in [0.2, 0.25) is 0 Å². The fourth-order valence-electron chi connectivity index (χ4n) is 2.67. The predicted octanol–water partition coefficient (Wildman–Crippen LogP) is 1.99. The van der Waals surface area contributed by atoms with Gasteiger partial charge in [0.15, 0.2) is 5.82 Å². The monoisotopic (exact) mass is 274 g/mol. The van der Waals surface area contributed by atoms with E-state index < -0.39 is 0 Å². The second-order valence-corrected chi connectivity index (χ2v) is 6.60.